The van der Waals surface area contributed by atoms with Crippen LogP contribution in [-0.4, -0.2) is 25.9 Å². The Balaban J connectivity index is 1.54. The highest BCUT2D eigenvalue weighted by atomic mass is 32.1. The molecule has 4 rings (SSSR count). The maximum absolute atomic E-state index is 14.2. The van der Waals surface area contributed by atoms with E-state index in [0.717, 1.165) is 17.7 Å². The van der Waals surface area contributed by atoms with Gasteiger partial charge < -0.3 is 0 Å². The molecule has 0 aliphatic carbocycles. The molecule has 0 spiro atoms. The normalized spacial score (nSPS) is 10.9. The third kappa shape index (κ3) is 4.23. The molecule has 0 radical (unpaired) electrons. The highest BCUT2D eigenvalue weighted by molar-refractivity contribution is 7.15. The summed E-state index contributed by atoms with van der Waals surface area (Å²) in [4.78, 5) is 12.7. The first-order valence-corrected chi connectivity index (χ1v) is 9.58. The molecule has 0 aliphatic heterocycles. The number of aromatic nitrogens is 4. The van der Waals surface area contributed by atoms with Crippen LogP contribution in [0.15, 0.2) is 48.7 Å². The van der Waals surface area contributed by atoms with Gasteiger partial charge in [0, 0.05) is 31.3 Å². The first-order valence-electron chi connectivity index (χ1n) is 8.76. The summed E-state index contributed by atoms with van der Waals surface area (Å²) in [6.07, 6.45) is 1.88. The maximum Gasteiger partial charge on any atom is 0.261 e. The number of hydrogen-bond acceptors (Lipinski definition) is 5. The SMILES string of the molecule is Cn1cc(C(=O)Nc2nnc(Cc3ccc(F)cc3)s2)c(-c2ccc(F)cc2F)n1. The number of carbonyl (C=O) groups excluding carboxylic acids is 1. The van der Waals surface area contributed by atoms with Crippen LogP contribution in [0.2, 0.25) is 0 Å². The zero-order chi connectivity index (χ0) is 21.3. The molecule has 6 nitrogen and oxygen atoms in total. The van der Waals surface area contributed by atoms with Crippen LogP contribution in [0, 0.1) is 17.5 Å². The van der Waals surface area contributed by atoms with Crippen molar-refractivity contribution < 1.29 is 18.0 Å². The Morgan fingerprint density at radius 2 is 1.80 bits per heavy atom. The van der Waals surface area contributed by atoms with Crippen molar-refractivity contribution in [3.05, 3.63) is 82.2 Å². The average molecular weight is 429 g/mol. The zero-order valence-electron chi connectivity index (χ0n) is 15.6. The van der Waals surface area contributed by atoms with Crippen LogP contribution < -0.4 is 5.32 Å². The van der Waals surface area contributed by atoms with Gasteiger partial charge in [0.05, 0.1) is 5.56 Å². The van der Waals surface area contributed by atoms with Crippen LogP contribution in [0.25, 0.3) is 11.3 Å². The van der Waals surface area contributed by atoms with E-state index < -0.39 is 17.5 Å². The minimum atomic E-state index is -0.819. The third-order valence-electron chi connectivity index (χ3n) is 4.22. The molecule has 0 unspecified atom stereocenters. The van der Waals surface area contributed by atoms with Crippen molar-refractivity contribution in [1.82, 2.24) is 20.0 Å². The van der Waals surface area contributed by atoms with Gasteiger partial charge in [-0.3, -0.25) is 14.8 Å². The van der Waals surface area contributed by atoms with Gasteiger partial charge >= 0.3 is 0 Å². The number of anilines is 1. The number of hydrogen-bond donors (Lipinski definition) is 1. The van der Waals surface area contributed by atoms with E-state index in [2.05, 4.69) is 20.6 Å². The van der Waals surface area contributed by atoms with E-state index in [1.807, 2.05) is 0 Å². The molecule has 0 fully saturated rings. The summed E-state index contributed by atoms with van der Waals surface area (Å²) in [5, 5.41) is 15.6. The lowest BCUT2D eigenvalue weighted by atomic mass is 10.1. The second kappa shape index (κ2) is 8.07. The second-order valence-corrected chi connectivity index (χ2v) is 7.51. The van der Waals surface area contributed by atoms with Gasteiger partial charge in [-0.2, -0.15) is 5.10 Å². The number of halogens is 3. The molecular weight excluding hydrogens is 415 g/mol. The monoisotopic (exact) mass is 429 g/mol. The van der Waals surface area contributed by atoms with Crippen LogP contribution in [-0.2, 0) is 13.5 Å². The fourth-order valence-electron chi connectivity index (χ4n) is 2.85. The fourth-order valence-corrected chi connectivity index (χ4v) is 3.62. The summed E-state index contributed by atoms with van der Waals surface area (Å²) in [7, 11) is 1.59. The molecule has 0 saturated carbocycles. The highest BCUT2D eigenvalue weighted by Gasteiger charge is 2.21. The Bertz CT molecular complexity index is 1220. The van der Waals surface area contributed by atoms with Crippen molar-refractivity contribution in [3.8, 4) is 11.3 Å². The molecule has 2 aromatic carbocycles. The smallest absolute Gasteiger partial charge is 0.261 e. The van der Waals surface area contributed by atoms with Crippen molar-refractivity contribution in [2.24, 2.45) is 7.05 Å². The molecule has 30 heavy (non-hydrogen) atoms. The number of rotatable bonds is 5. The first kappa shape index (κ1) is 19.8. The van der Waals surface area contributed by atoms with E-state index in [0.29, 0.717) is 11.4 Å². The summed E-state index contributed by atoms with van der Waals surface area (Å²) in [5.74, 6) is -2.42. The van der Waals surface area contributed by atoms with Gasteiger partial charge in [0.15, 0.2) is 0 Å². The lowest BCUT2D eigenvalue weighted by molar-refractivity contribution is 0.102. The zero-order valence-corrected chi connectivity index (χ0v) is 16.4. The lowest BCUT2D eigenvalue weighted by Gasteiger charge is -2.04. The number of benzene rings is 2. The van der Waals surface area contributed by atoms with Gasteiger partial charge in [-0.1, -0.05) is 23.5 Å². The Morgan fingerprint density at radius 1 is 1.07 bits per heavy atom. The molecule has 152 valence electrons. The average Bonchev–Trinajstić information content (AvgIpc) is 3.30. The van der Waals surface area contributed by atoms with Gasteiger partial charge in [-0.05, 0) is 29.8 Å². The van der Waals surface area contributed by atoms with Gasteiger partial charge in [0.1, 0.15) is 28.2 Å². The second-order valence-electron chi connectivity index (χ2n) is 6.45. The molecule has 0 saturated heterocycles. The van der Waals surface area contributed by atoms with Crippen LogP contribution in [0.1, 0.15) is 20.9 Å². The number of amides is 1. The summed E-state index contributed by atoms with van der Waals surface area (Å²) >= 11 is 1.17. The summed E-state index contributed by atoms with van der Waals surface area (Å²) in [6, 6.07) is 9.08. The number of nitrogens with zero attached hydrogens (tertiary/aromatic N) is 4. The molecule has 0 bridgehead atoms. The standard InChI is InChI=1S/C20H14F3N5OS/c1-28-10-15(18(27-28)14-7-6-13(22)9-16(14)23)19(29)24-20-26-25-17(30-20)8-11-2-4-12(21)5-3-11/h2-7,9-10H,8H2,1H3,(H,24,26,29). The largest absolute Gasteiger partial charge is 0.296 e. The number of nitrogens with one attached hydrogen (secondary N) is 1. The van der Waals surface area contributed by atoms with Crippen molar-refractivity contribution in [2.75, 3.05) is 5.32 Å². The lowest BCUT2D eigenvalue weighted by Crippen LogP contribution is -2.12. The highest BCUT2D eigenvalue weighted by Crippen LogP contribution is 2.27. The molecule has 0 aliphatic rings. The molecule has 2 aromatic heterocycles. The van der Waals surface area contributed by atoms with Crippen LogP contribution in [0.5, 0.6) is 0 Å². The van der Waals surface area contributed by atoms with Gasteiger partial charge in [0.2, 0.25) is 5.13 Å². The molecular formula is C20H14F3N5OS. The van der Waals surface area contributed by atoms with E-state index in [9.17, 15) is 18.0 Å². The molecule has 1 N–H and O–H groups in total. The Morgan fingerprint density at radius 3 is 2.53 bits per heavy atom. The summed E-state index contributed by atoms with van der Waals surface area (Å²) in [5.41, 5.74) is 1.06. The minimum Gasteiger partial charge on any atom is -0.296 e. The fraction of sp³-hybridized carbons (Fsp3) is 0.100. The molecule has 10 heteroatoms. The first-order chi connectivity index (χ1) is 14.4. The van der Waals surface area contributed by atoms with E-state index in [4.69, 9.17) is 0 Å². The topological polar surface area (TPSA) is 72.7 Å². The summed E-state index contributed by atoms with van der Waals surface area (Å²) < 4.78 is 41.8. The van der Waals surface area contributed by atoms with Gasteiger partial charge in [-0.25, -0.2) is 13.2 Å². The van der Waals surface area contributed by atoms with Gasteiger partial charge in [0.25, 0.3) is 5.91 Å². The Hall–Kier alpha value is -3.53. The number of carbonyl (C=O) groups is 1. The van der Waals surface area contributed by atoms with Crippen LogP contribution in [0.4, 0.5) is 18.3 Å². The van der Waals surface area contributed by atoms with E-state index >= 15 is 0 Å². The Labute approximate surface area is 173 Å². The summed E-state index contributed by atoms with van der Waals surface area (Å²) in [6.45, 7) is 0. The van der Waals surface area contributed by atoms with Crippen molar-refractivity contribution in [3.63, 3.8) is 0 Å². The van der Waals surface area contributed by atoms with Crippen molar-refractivity contribution in [2.45, 2.75) is 6.42 Å². The molecule has 0 atom stereocenters. The quantitative estimate of drug-likeness (QED) is 0.516. The van der Waals surface area contributed by atoms with Crippen LogP contribution >= 0.6 is 11.3 Å². The van der Waals surface area contributed by atoms with Crippen molar-refractivity contribution in [1.29, 1.82) is 0 Å². The predicted octanol–water partition coefficient (Wildman–Crippen LogP) is 4.20. The van der Waals surface area contributed by atoms with Crippen LogP contribution in [0.3, 0.4) is 0 Å². The van der Waals surface area contributed by atoms with Gasteiger partial charge in [-0.15, -0.1) is 10.2 Å². The minimum absolute atomic E-state index is 0.0106. The van der Waals surface area contributed by atoms with E-state index in [1.54, 1.807) is 19.2 Å². The number of aryl methyl sites for hydroxylation is 1. The molecule has 2 heterocycles. The third-order valence-corrected chi connectivity index (χ3v) is 5.05. The Kier molecular flexibility index (Phi) is 5.32. The molecule has 1 amide bonds. The predicted molar refractivity (Wildman–Crippen MR) is 106 cm³/mol. The molecule has 4 aromatic rings. The van der Waals surface area contributed by atoms with E-state index in [1.165, 1.54) is 40.4 Å². The van der Waals surface area contributed by atoms with Crippen molar-refractivity contribution >= 4 is 22.4 Å². The van der Waals surface area contributed by atoms with E-state index in [-0.39, 0.29) is 27.8 Å². The maximum atomic E-state index is 14.2.